The molecule has 0 saturated carbocycles. The molecule has 4 nitrogen and oxygen atoms in total. The second-order valence-electron chi connectivity index (χ2n) is 4.57. The molecule has 4 heteroatoms. The molecule has 1 aliphatic heterocycles. The van der Waals surface area contributed by atoms with E-state index < -0.39 is 0 Å². The molecule has 1 fully saturated rings. The second-order valence-corrected chi connectivity index (χ2v) is 4.57. The lowest BCUT2D eigenvalue weighted by Crippen LogP contribution is -2.29. The molecule has 0 bridgehead atoms. The molecule has 0 aromatic heterocycles. The summed E-state index contributed by atoms with van der Waals surface area (Å²) in [6.07, 6.45) is 5.78. The Bertz CT molecular complexity index is 201. The van der Waals surface area contributed by atoms with Crippen LogP contribution < -0.4 is 5.32 Å². The highest BCUT2D eigenvalue weighted by molar-refractivity contribution is 5.75. The zero-order valence-corrected chi connectivity index (χ0v) is 10.5. The highest BCUT2D eigenvalue weighted by Gasteiger charge is 2.12. The average molecular weight is 228 g/mol. The Labute approximate surface area is 98.3 Å². The van der Waals surface area contributed by atoms with Crippen LogP contribution in [0.4, 0.5) is 0 Å². The molecule has 0 spiro atoms. The van der Waals surface area contributed by atoms with Crippen LogP contribution in [0.2, 0.25) is 0 Å². The largest absolute Gasteiger partial charge is 0.378 e. The van der Waals surface area contributed by atoms with Crippen LogP contribution >= 0.6 is 0 Å². The van der Waals surface area contributed by atoms with Crippen molar-refractivity contribution in [3.05, 3.63) is 0 Å². The van der Waals surface area contributed by atoms with Crippen molar-refractivity contribution in [3.63, 3.8) is 0 Å². The predicted octanol–water partition coefficient (Wildman–Crippen LogP) is 1.01. The monoisotopic (exact) mass is 228 g/mol. The topological polar surface area (TPSA) is 41.6 Å². The molecule has 1 N–H and O–H groups in total. The minimum Gasteiger partial charge on any atom is -0.378 e. The van der Waals surface area contributed by atoms with E-state index in [9.17, 15) is 4.79 Å². The molecule has 94 valence electrons. The lowest BCUT2D eigenvalue weighted by Gasteiger charge is -2.22. The van der Waals surface area contributed by atoms with Gasteiger partial charge in [0.25, 0.3) is 0 Å². The zero-order chi connectivity index (χ0) is 11.8. The van der Waals surface area contributed by atoms with Gasteiger partial charge in [-0.2, -0.15) is 0 Å². The molecule has 16 heavy (non-hydrogen) atoms. The van der Waals surface area contributed by atoms with Gasteiger partial charge in [0.1, 0.15) is 0 Å². The van der Waals surface area contributed by atoms with Crippen LogP contribution in [0, 0.1) is 0 Å². The van der Waals surface area contributed by atoms with E-state index in [2.05, 4.69) is 5.32 Å². The van der Waals surface area contributed by atoms with Gasteiger partial charge < -0.3 is 15.0 Å². The number of nitrogens with one attached hydrogen (secondary N) is 1. The standard InChI is InChI=1S/C12H24N2O2/c1-14(2)12(15)7-9-13-8-6-11-5-3-4-10-16-11/h11,13H,3-10H2,1-2H3. The van der Waals surface area contributed by atoms with Gasteiger partial charge in [-0.05, 0) is 32.2 Å². The number of hydrogen-bond acceptors (Lipinski definition) is 3. The summed E-state index contributed by atoms with van der Waals surface area (Å²) in [5.41, 5.74) is 0. The first-order valence-electron chi connectivity index (χ1n) is 6.22. The van der Waals surface area contributed by atoms with E-state index in [0.29, 0.717) is 12.5 Å². The molecule has 1 heterocycles. The van der Waals surface area contributed by atoms with Crippen molar-refractivity contribution in [2.75, 3.05) is 33.8 Å². The molecule has 1 aliphatic rings. The highest BCUT2D eigenvalue weighted by Crippen LogP contribution is 2.14. The lowest BCUT2D eigenvalue weighted by atomic mass is 10.1. The lowest BCUT2D eigenvalue weighted by molar-refractivity contribution is -0.128. The van der Waals surface area contributed by atoms with E-state index in [-0.39, 0.29) is 5.91 Å². The molecule has 1 atom stereocenters. The number of ether oxygens (including phenoxy) is 1. The molecule has 0 aromatic carbocycles. The van der Waals surface area contributed by atoms with E-state index in [1.54, 1.807) is 19.0 Å². The van der Waals surface area contributed by atoms with E-state index >= 15 is 0 Å². The highest BCUT2D eigenvalue weighted by atomic mass is 16.5. The van der Waals surface area contributed by atoms with E-state index in [1.165, 1.54) is 19.3 Å². The Hall–Kier alpha value is -0.610. The third-order valence-corrected chi connectivity index (χ3v) is 2.93. The molecule has 0 aliphatic carbocycles. The van der Waals surface area contributed by atoms with Crippen molar-refractivity contribution < 1.29 is 9.53 Å². The van der Waals surface area contributed by atoms with Gasteiger partial charge in [-0.1, -0.05) is 0 Å². The maximum atomic E-state index is 11.3. The zero-order valence-electron chi connectivity index (χ0n) is 10.5. The summed E-state index contributed by atoms with van der Waals surface area (Å²) >= 11 is 0. The first-order chi connectivity index (χ1) is 7.70. The van der Waals surface area contributed by atoms with Crippen LogP contribution in [0.25, 0.3) is 0 Å². The summed E-state index contributed by atoms with van der Waals surface area (Å²) in [4.78, 5) is 12.9. The summed E-state index contributed by atoms with van der Waals surface area (Å²) in [5.74, 6) is 0.182. The normalized spacial score (nSPS) is 20.8. The first kappa shape index (κ1) is 13.5. The predicted molar refractivity (Wildman–Crippen MR) is 64.4 cm³/mol. The van der Waals surface area contributed by atoms with E-state index in [0.717, 1.165) is 26.1 Å². The van der Waals surface area contributed by atoms with Crippen LogP contribution in [-0.2, 0) is 9.53 Å². The van der Waals surface area contributed by atoms with Crippen molar-refractivity contribution in [2.24, 2.45) is 0 Å². The molecular formula is C12H24N2O2. The minimum absolute atomic E-state index is 0.182. The molecule has 1 unspecified atom stereocenters. The summed E-state index contributed by atoms with van der Waals surface area (Å²) in [5, 5.41) is 3.29. The van der Waals surface area contributed by atoms with Gasteiger partial charge in [-0.25, -0.2) is 0 Å². The molecule has 1 rings (SSSR count). The Morgan fingerprint density at radius 3 is 2.81 bits per heavy atom. The molecule has 0 radical (unpaired) electrons. The molecule has 1 saturated heterocycles. The average Bonchev–Trinajstić information content (AvgIpc) is 2.29. The summed E-state index contributed by atoms with van der Waals surface area (Å²) in [7, 11) is 3.58. The van der Waals surface area contributed by atoms with Gasteiger partial charge >= 0.3 is 0 Å². The van der Waals surface area contributed by atoms with Gasteiger partial charge in [0, 0.05) is 33.7 Å². The number of carbonyl (C=O) groups excluding carboxylic acids is 1. The third-order valence-electron chi connectivity index (χ3n) is 2.93. The Morgan fingerprint density at radius 2 is 2.19 bits per heavy atom. The van der Waals surface area contributed by atoms with Crippen LogP contribution in [0.3, 0.4) is 0 Å². The van der Waals surface area contributed by atoms with Crippen LogP contribution in [-0.4, -0.2) is 50.7 Å². The Kier molecular flexibility index (Phi) is 6.42. The second kappa shape index (κ2) is 7.63. The van der Waals surface area contributed by atoms with Crippen molar-refractivity contribution in [1.29, 1.82) is 0 Å². The van der Waals surface area contributed by atoms with Gasteiger partial charge in [-0.15, -0.1) is 0 Å². The molecular weight excluding hydrogens is 204 g/mol. The summed E-state index contributed by atoms with van der Waals surface area (Å²) in [6.45, 7) is 2.64. The van der Waals surface area contributed by atoms with E-state index in [4.69, 9.17) is 4.74 Å². The van der Waals surface area contributed by atoms with Crippen molar-refractivity contribution >= 4 is 5.91 Å². The van der Waals surface area contributed by atoms with Crippen molar-refractivity contribution in [3.8, 4) is 0 Å². The van der Waals surface area contributed by atoms with Crippen LogP contribution in [0.15, 0.2) is 0 Å². The van der Waals surface area contributed by atoms with Gasteiger partial charge in [0.05, 0.1) is 6.10 Å². The van der Waals surface area contributed by atoms with Crippen molar-refractivity contribution in [1.82, 2.24) is 10.2 Å². The van der Waals surface area contributed by atoms with Gasteiger partial charge in [0.15, 0.2) is 0 Å². The fraction of sp³-hybridized carbons (Fsp3) is 0.917. The Balaban J connectivity index is 1.93. The van der Waals surface area contributed by atoms with Gasteiger partial charge in [0.2, 0.25) is 5.91 Å². The maximum Gasteiger partial charge on any atom is 0.223 e. The SMILES string of the molecule is CN(C)C(=O)CCNCCC1CCCCO1. The smallest absolute Gasteiger partial charge is 0.223 e. The van der Waals surface area contributed by atoms with Gasteiger partial charge in [-0.3, -0.25) is 4.79 Å². The number of carbonyl (C=O) groups is 1. The number of amides is 1. The molecule has 0 aromatic rings. The first-order valence-corrected chi connectivity index (χ1v) is 6.22. The van der Waals surface area contributed by atoms with Crippen molar-refractivity contribution in [2.45, 2.75) is 38.2 Å². The van der Waals surface area contributed by atoms with Crippen LogP contribution in [0.1, 0.15) is 32.1 Å². The summed E-state index contributed by atoms with van der Waals surface area (Å²) < 4.78 is 5.63. The Morgan fingerprint density at radius 1 is 1.38 bits per heavy atom. The van der Waals surface area contributed by atoms with E-state index in [1.807, 2.05) is 0 Å². The fourth-order valence-electron chi connectivity index (χ4n) is 1.84. The quantitative estimate of drug-likeness (QED) is 0.690. The number of nitrogens with zero attached hydrogens (tertiary/aromatic N) is 1. The maximum absolute atomic E-state index is 11.3. The number of hydrogen-bond donors (Lipinski definition) is 1. The minimum atomic E-state index is 0.182. The number of rotatable bonds is 6. The third kappa shape index (κ3) is 5.47. The molecule has 1 amide bonds. The fourth-order valence-corrected chi connectivity index (χ4v) is 1.84. The van der Waals surface area contributed by atoms with Crippen LogP contribution in [0.5, 0.6) is 0 Å². The summed E-state index contributed by atoms with van der Waals surface area (Å²) in [6, 6.07) is 0.